The van der Waals surface area contributed by atoms with Crippen LogP contribution in [-0.2, 0) is 9.53 Å². The number of aromatic hydroxyl groups is 1. The van der Waals surface area contributed by atoms with Crippen LogP contribution in [0.25, 0.3) is 0 Å². The molecule has 2 N–H and O–H groups in total. The van der Waals surface area contributed by atoms with Crippen LogP contribution in [0.4, 0.5) is 5.13 Å². The zero-order chi connectivity index (χ0) is 17.5. The Kier molecular flexibility index (Phi) is 6.83. The molecule has 0 saturated heterocycles. The normalized spacial score (nSPS) is 10.4. The van der Waals surface area contributed by atoms with E-state index < -0.39 is 18.5 Å². The number of phenolic OH excluding ortho intramolecular Hbond substituents is 1. The Balaban J connectivity index is 1.85. The molecule has 1 amide bonds. The molecule has 1 aromatic heterocycles. The number of carbonyl (C=O) groups excluding carboxylic acids is 2. The highest BCUT2D eigenvalue weighted by molar-refractivity contribution is 7.99. The molecule has 0 aliphatic heterocycles. The number of hydrogen-bond donors (Lipinski definition) is 2. The van der Waals surface area contributed by atoms with Crippen molar-refractivity contribution in [3.8, 4) is 5.75 Å². The molecule has 0 atom stereocenters. The average Bonchev–Trinajstić information content (AvgIpc) is 3.00. The number of aromatic nitrogens is 2. The highest BCUT2D eigenvalue weighted by atomic mass is 35.5. The number of ether oxygens (including phenoxy) is 1. The number of thioether (sulfide) groups is 1. The summed E-state index contributed by atoms with van der Waals surface area (Å²) < 4.78 is 8.95. The molecule has 2 rings (SSSR count). The summed E-state index contributed by atoms with van der Waals surface area (Å²) in [6.45, 7) is 1.54. The lowest BCUT2D eigenvalue weighted by Crippen LogP contribution is -2.20. The van der Waals surface area contributed by atoms with Gasteiger partial charge >= 0.3 is 5.97 Å². The third kappa shape index (κ3) is 5.36. The van der Waals surface area contributed by atoms with Crippen LogP contribution in [0.2, 0.25) is 5.02 Å². The Bertz CT molecular complexity index is 739. The van der Waals surface area contributed by atoms with Crippen LogP contribution < -0.4 is 5.32 Å². The first-order chi connectivity index (χ1) is 11.5. The lowest BCUT2D eigenvalue weighted by Gasteiger charge is -2.06. The quantitative estimate of drug-likeness (QED) is 0.555. The molecule has 0 spiro atoms. The van der Waals surface area contributed by atoms with Gasteiger partial charge in [-0.25, -0.2) is 4.79 Å². The number of halogens is 1. The van der Waals surface area contributed by atoms with Crippen molar-refractivity contribution in [2.45, 2.75) is 18.5 Å². The zero-order valence-electron chi connectivity index (χ0n) is 12.6. The predicted octanol–water partition coefficient (Wildman–Crippen LogP) is 3.19. The van der Waals surface area contributed by atoms with E-state index in [1.165, 1.54) is 30.0 Å². The maximum atomic E-state index is 11.8. The second-order valence-corrected chi connectivity index (χ2v) is 6.77. The number of amides is 1. The molecule has 1 aromatic carbocycles. The molecule has 0 bridgehead atoms. The van der Waals surface area contributed by atoms with Gasteiger partial charge in [-0.3, -0.25) is 10.1 Å². The molecule has 0 radical (unpaired) electrons. The van der Waals surface area contributed by atoms with Gasteiger partial charge in [0, 0.05) is 22.3 Å². The highest BCUT2D eigenvalue weighted by Crippen LogP contribution is 2.22. The smallest absolute Gasteiger partial charge is 0.342 e. The average molecular weight is 388 g/mol. The molecule has 0 aliphatic rings. The Morgan fingerprint density at radius 3 is 3.00 bits per heavy atom. The van der Waals surface area contributed by atoms with E-state index in [-0.39, 0.29) is 16.3 Å². The second kappa shape index (κ2) is 8.86. The maximum absolute atomic E-state index is 11.8. The third-order valence-electron chi connectivity index (χ3n) is 2.60. The largest absolute Gasteiger partial charge is 0.507 e. The highest BCUT2D eigenvalue weighted by Gasteiger charge is 2.16. The summed E-state index contributed by atoms with van der Waals surface area (Å²) in [5, 5.41) is 13.3. The van der Waals surface area contributed by atoms with Crippen molar-refractivity contribution in [3.63, 3.8) is 0 Å². The SMILES string of the molecule is CCCSc1nsc(NC(=O)COC(=O)c2cc(Cl)ccc2O)n1. The van der Waals surface area contributed by atoms with Gasteiger partial charge in [0.2, 0.25) is 10.3 Å². The fourth-order valence-corrected chi connectivity index (χ4v) is 3.14. The number of anilines is 1. The van der Waals surface area contributed by atoms with Gasteiger partial charge in [0.25, 0.3) is 5.91 Å². The van der Waals surface area contributed by atoms with Crippen LogP contribution in [0.5, 0.6) is 5.75 Å². The van der Waals surface area contributed by atoms with Crippen molar-refractivity contribution in [2.24, 2.45) is 0 Å². The van der Waals surface area contributed by atoms with Crippen molar-refractivity contribution >= 4 is 51.9 Å². The van der Waals surface area contributed by atoms with Crippen LogP contribution in [0.1, 0.15) is 23.7 Å². The number of nitrogens with zero attached hydrogens (tertiary/aromatic N) is 2. The molecular formula is C14H14ClN3O4S2. The van der Waals surface area contributed by atoms with Crippen LogP contribution in [0.3, 0.4) is 0 Å². The molecule has 128 valence electrons. The van der Waals surface area contributed by atoms with Crippen LogP contribution >= 0.6 is 34.9 Å². The summed E-state index contributed by atoms with van der Waals surface area (Å²) >= 11 is 8.30. The molecular weight excluding hydrogens is 374 g/mol. The maximum Gasteiger partial charge on any atom is 0.342 e. The van der Waals surface area contributed by atoms with Crippen LogP contribution in [-0.4, -0.2) is 38.7 Å². The van der Waals surface area contributed by atoms with E-state index in [2.05, 4.69) is 14.7 Å². The first kappa shape index (κ1) is 18.5. The lowest BCUT2D eigenvalue weighted by molar-refractivity contribution is -0.119. The molecule has 2 aromatic rings. The minimum Gasteiger partial charge on any atom is -0.507 e. The molecule has 0 aliphatic carbocycles. The summed E-state index contributed by atoms with van der Waals surface area (Å²) in [7, 11) is 0. The predicted molar refractivity (Wildman–Crippen MR) is 93.0 cm³/mol. The van der Waals surface area contributed by atoms with Gasteiger partial charge in [-0.2, -0.15) is 9.36 Å². The van der Waals surface area contributed by atoms with Crippen LogP contribution in [0.15, 0.2) is 23.4 Å². The summed E-state index contributed by atoms with van der Waals surface area (Å²) in [4.78, 5) is 27.8. The van der Waals surface area contributed by atoms with Gasteiger partial charge in [0.05, 0.1) is 0 Å². The van der Waals surface area contributed by atoms with E-state index in [0.717, 1.165) is 23.7 Å². The first-order valence-corrected chi connectivity index (χ1v) is 9.05. The topological polar surface area (TPSA) is 101 Å². The Labute approximate surface area is 151 Å². The van der Waals surface area contributed by atoms with E-state index in [4.69, 9.17) is 16.3 Å². The number of carbonyl (C=O) groups is 2. The number of esters is 1. The lowest BCUT2D eigenvalue weighted by atomic mass is 10.2. The van der Waals surface area contributed by atoms with Crippen molar-refractivity contribution in [2.75, 3.05) is 17.7 Å². The minimum absolute atomic E-state index is 0.107. The van der Waals surface area contributed by atoms with Crippen molar-refractivity contribution in [1.29, 1.82) is 0 Å². The molecule has 1 heterocycles. The van der Waals surface area contributed by atoms with Crippen molar-refractivity contribution in [1.82, 2.24) is 9.36 Å². The van der Waals surface area contributed by atoms with E-state index >= 15 is 0 Å². The second-order valence-electron chi connectivity index (χ2n) is 4.52. The molecule has 24 heavy (non-hydrogen) atoms. The molecule has 10 heteroatoms. The Morgan fingerprint density at radius 1 is 1.46 bits per heavy atom. The van der Waals surface area contributed by atoms with Crippen molar-refractivity contribution in [3.05, 3.63) is 28.8 Å². The Hall–Kier alpha value is -1.84. The number of phenols is 1. The minimum atomic E-state index is -0.846. The number of rotatable bonds is 7. The standard InChI is InChI=1S/C14H14ClN3O4S2/c1-2-5-23-14-17-13(24-18-14)16-11(20)7-22-12(21)9-6-8(15)3-4-10(9)19/h3-4,6,19H,2,5,7H2,1H3,(H,16,17,18,20). The fourth-order valence-electron chi connectivity index (χ4n) is 1.55. The summed E-state index contributed by atoms with van der Waals surface area (Å²) in [5.74, 6) is -0.772. The van der Waals surface area contributed by atoms with Gasteiger partial charge in [0.15, 0.2) is 6.61 Å². The number of benzene rings is 1. The van der Waals surface area contributed by atoms with E-state index in [1.54, 1.807) is 0 Å². The number of nitrogens with one attached hydrogen (secondary N) is 1. The van der Waals surface area contributed by atoms with Crippen LogP contribution in [0, 0.1) is 0 Å². The van der Waals surface area contributed by atoms with Gasteiger partial charge in [0.1, 0.15) is 11.3 Å². The fraction of sp³-hybridized carbons (Fsp3) is 0.286. The summed E-state index contributed by atoms with van der Waals surface area (Å²) in [5.41, 5.74) is -0.107. The molecule has 0 saturated carbocycles. The van der Waals surface area contributed by atoms with Gasteiger partial charge < -0.3 is 9.84 Å². The zero-order valence-corrected chi connectivity index (χ0v) is 15.0. The monoisotopic (exact) mass is 387 g/mol. The van der Waals surface area contributed by atoms with E-state index in [9.17, 15) is 14.7 Å². The van der Waals surface area contributed by atoms with Gasteiger partial charge in [-0.05, 0) is 24.6 Å². The van der Waals surface area contributed by atoms with E-state index in [0.29, 0.717) is 10.3 Å². The summed E-state index contributed by atoms with van der Waals surface area (Å²) in [6, 6.07) is 3.97. The summed E-state index contributed by atoms with van der Waals surface area (Å²) in [6.07, 6.45) is 0.998. The van der Waals surface area contributed by atoms with Gasteiger partial charge in [-0.1, -0.05) is 30.3 Å². The molecule has 0 fully saturated rings. The first-order valence-electron chi connectivity index (χ1n) is 6.91. The number of hydrogen-bond acceptors (Lipinski definition) is 8. The molecule has 7 nitrogen and oxygen atoms in total. The van der Waals surface area contributed by atoms with E-state index in [1.807, 2.05) is 6.92 Å². The van der Waals surface area contributed by atoms with Crippen molar-refractivity contribution < 1.29 is 19.4 Å². The Morgan fingerprint density at radius 2 is 2.25 bits per heavy atom. The van der Waals surface area contributed by atoms with Gasteiger partial charge in [-0.15, -0.1) is 0 Å². The third-order valence-corrected chi connectivity index (χ3v) is 4.64. The molecule has 0 unspecified atom stereocenters.